The lowest BCUT2D eigenvalue weighted by Gasteiger charge is -2.34. The molecule has 0 atom stereocenters. The van der Waals surface area contributed by atoms with E-state index in [0.717, 1.165) is 0 Å². The summed E-state index contributed by atoms with van der Waals surface area (Å²) in [7, 11) is -7.06. The third-order valence-electron chi connectivity index (χ3n) is 5.91. The third kappa shape index (κ3) is 4.66. The Kier molecular flexibility index (Phi) is 6.30. The van der Waals surface area contributed by atoms with Crippen LogP contribution in [-0.2, 0) is 20.0 Å². The second-order valence-electron chi connectivity index (χ2n) is 8.07. The van der Waals surface area contributed by atoms with Crippen LogP contribution >= 0.6 is 0 Å². The van der Waals surface area contributed by atoms with Crippen LogP contribution in [0.3, 0.4) is 0 Å². The Labute approximate surface area is 193 Å². The Morgan fingerprint density at radius 3 is 2.12 bits per heavy atom. The first kappa shape index (κ1) is 23.4. The number of anilines is 1. The van der Waals surface area contributed by atoms with Gasteiger partial charge in [0.15, 0.2) is 5.78 Å². The maximum atomic E-state index is 13.0. The smallest absolute Gasteiger partial charge is 0.253 e. The molecule has 0 aromatic heterocycles. The number of ketones is 1. The fourth-order valence-electron chi connectivity index (χ4n) is 4.04. The Hall–Kier alpha value is -2.76. The molecule has 0 saturated carbocycles. The molecule has 2 fully saturated rings. The molecule has 0 radical (unpaired) electrons. The molecule has 2 saturated heterocycles. The van der Waals surface area contributed by atoms with Crippen LogP contribution < -0.4 is 4.31 Å². The molecule has 0 N–H and O–H groups in total. The highest BCUT2D eigenvalue weighted by Crippen LogP contribution is 2.25. The first-order chi connectivity index (χ1) is 15.6. The van der Waals surface area contributed by atoms with E-state index < -0.39 is 20.0 Å². The minimum absolute atomic E-state index is 0.0578. The van der Waals surface area contributed by atoms with Gasteiger partial charge in [0, 0.05) is 43.9 Å². The van der Waals surface area contributed by atoms with Gasteiger partial charge in [-0.3, -0.25) is 13.9 Å². The molecule has 9 nitrogen and oxygen atoms in total. The van der Waals surface area contributed by atoms with E-state index in [0.29, 0.717) is 29.8 Å². The molecule has 11 heteroatoms. The molecule has 4 rings (SSSR count). The van der Waals surface area contributed by atoms with Crippen LogP contribution in [0.1, 0.15) is 34.1 Å². The van der Waals surface area contributed by atoms with E-state index in [1.165, 1.54) is 27.7 Å². The van der Waals surface area contributed by atoms with Crippen LogP contribution in [0.5, 0.6) is 0 Å². The number of carbonyl (C=O) groups excluding carboxylic acids is 2. The van der Waals surface area contributed by atoms with Crippen LogP contribution in [0.25, 0.3) is 0 Å². The van der Waals surface area contributed by atoms with Gasteiger partial charge in [-0.25, -0.2) is 16.8 Å². The summed E-state index contributed by atoms with van der Waals surface area (Å²) in [6.45, 7) is 2.55. The quantitative estimate of drug-likeness (QED) is 0.587. The van der Waals surface area contributed by atoms with Crippen molar-refractivity contribution in [2.24, 2.45) is 0 Å². The average molecular weight is 492 g/mol. The molecular formula is C22H25N3O6S2. The van der Waals surface area contributed by atoms with E-state index >= 15 is 0 Å². The molecule has 2 aliphatic rings. The van der Waals surface area contributed by atoms with Gasteiger partial charge >= 0.3 is 0 Å². The maximum absolute atomic E-state index is 13.0. The van der Waals surface area contributed by atoms with E-state index in [-0.39, 0.29) is 48.5 Å². The highest BCUT2D eigenvalue weighted by Gasteiger charge is 2.31. The molecule has 0 spiro atoms. The predicted octanol–water partition coefficient (Wildman–Crippen LogP) is 1.58. The zero-order valence-electron chi connectivity index (χ0n) is 18.2. The largest absolute Gasteiger partial charge is 0.336 e. The number of amides is 1. The summed E-state index contributed by atoms with van der Waals surface area (Å²) in [5, 5.41) is 0. The normalized spacial score (nSPS) is 18.9. The number of carbonyl (C=O) groups is 2. The Morgan fingerprint density at radius 2 is 1.55 bits per heavy atom. The molecule has 33 heavy (non-hydrogen) atoms. The van der Waals surface area contributed by atoms with Crippen molar-refractivity contribution in [2.45, 2.75) is 18.2 Å². The second-order valence-corrected chi connectivity index (χ2v) is 12.0. The maximum Gasteiger partial charge on any atom is 0.253 e. The Morgan fingerprint density at radius 1 is 0.879 bits per heavy atom. The van der Waals surface area contributed by atoms with Crippen LogP contribution in [0.15, 0.2) is 53.4 Å². The zero-order chi connectivity index (χ0) is 23.8. The summed E-state index contributed by atoms with van der Waals surface area (Å²) in [6, 6.07) is 12.4. The number of benzene rings is 2. The number of sulfonamides is 2. The molecule has 2 aromatic carbocycles. The minimum atomic E-state index is -3.78. The molecule has 1 amide bonds. The number of Topliss-reactive ketones (excluding diaryl/α,β-unsaturated/α-hetero) is 1. The standard InChI is InChI=1S/C22H25N3O6S2/c1-17(26)19-4-2-5-21(16-19)33(30,31)24-13-11-23(12-14-24)22(27)18-6-8-20(9-7-18)25-10-3-15-32(25,28)29/h2,4-9,16H,3,10-15H2,1H3. The van der Waals surface area contributed by atoms with Gasteiger partial charge in [-0.1, -0.05) is 12.1 Å². The summed E-state index contributed by atoms with van der Waals surface area (Å²) < 4.78 is 52.8. The molecular weight excluding hydrogens is 466 g/mol. The minimum Gasteiger partial charge on any atom is -0.336 e. The Bertz CT molecular complexity index is 1280. The number of rotatable bonds is 5. The van der Waals surface area contributed by atoms with E-state index in [9.17, 15) is 26.4 Å². The van der Waals surface area contributed by atoms with Gasteiger partial charge in [-0.05, 0) is 49.7 Å². The number of piperazine rings is 1. The van der Waals surface area contributed by atoms with Crippen molar-refractivity contribution in [3.05, 3.63) is 59.7 Å². The molecule has 0 bridgehead atoms. The van der Waals surface area contributed by atoms with Gasteiger partial charge < -0.3 is 4.90 Å². The number of hydrogen-bond donors (Lipinski definition) is 0. The van der Waals surface area contributed by atoms with Crippen molar-refractivity contribution in [3.8, 4) is 0 Å². The van der Waals surface area contributed by atoms with Gasteiger partial charge in [0.1, 0.15) is 0 Å². The highest BCUT2D eigenvalue weighted by atomic mass is 32.2. The summed E-state index contributed by atoms with van der Waals surface area (Å²) in [5.41, 5.74) is 1.28. The fourth-order valence-corrected chi connectivity index (χ4v) is 7.07. The lowest BCUT2D eigenvalue weighted by atomic mass is 10.1. The van der Waals surface area contributed by atoms with Gasteiger partial charge in [0.25, 0.3) is 5.91 Å². The second kappa shape index (κ2) is 8.88. The van der Waals surface area contributed by atoms with Gasteiger partial charge in [0.2, 0.25) is 20.0 Å². The van der Waals surface area contributed by atoms with Gasteiger partial charge in [-0.2, -0.15) is 4.31 Å². The summed E-state index contributed by atoms with van der Waals surface area (Å²) in [5.74, 6) is -0.322. The van der Waals surface area contributed by atoms with E-state index in [2.05, 4.69) is 0 Å². The van der Waals surface area contributed by atoms with Gasteiger partial charge in [0.05, 0.1) is 16.3 Å². The summed E-state index contributed by atoms with van der Waals surface area (Å²) in [6.07, 6.45) is 0.579. The van der Waals surface area contributed by atoms with E-state index in [1.807, 2.05) is 0 Å². The van der Waals surface area contributed by atoms with Crippen molar-refractivity contribution in [1.29, 1.82) is 0 Å². The van der Waals surface area contributed by atoms with Crippen LogP contribution in [-0.4, -0.2) is 76.2 Å². The van der Waals surface area contributed by atoms with E-state index in [4.69, 9.17) is 0 Å². The average Bonchev–Trinajstić information content (AvgIpc) is 3.17. The number of nitrogens with zero attached hydrogens (tertiary/aromatic N) is 3. The van der Waals surface area contributed by atoms with Crippen molar-refractivity contribution in [2.75, 3.05) is 42.8 Å². The lowest BCUT2D eigenvalue weighted by Crippen LogP contribution is -2.50. The molecule has 176 valence electrons. The van der Waals surface area contributed by atoms with Crippen molar-refractivity contribution >= 4 is 37.4 Å². The molecule has 0 aliphatic carbocycles. The first-order valence-corrected chi connectivity index (χ1v) is 13.7. The summed E-state index contributed by atoms with van der Waals surface area (Å²) in [4.78, 5) is 26.1. The lowest BCUT2D eigenvalue weighted by molar-refractivity contribution is 0.0697. The zero-order valence-corrected chi connectivity index (χ0v) is 19.8. The molecule has 0 unspecified atom stereocenters. The molecule has 2 heterocycles. The Balaban J connectivity index is 1.42. The molecule has 2 aromatic rings. The molecule has 2 aliphatic heterocycles. The topological polar surface area (TPSA) is 112 Å². The monoisotopic (exact) mass is 491 g/mol. The van der Waals surface area contributed by atoms with Crippen molar-refractivity contribution < 1.29 is 26.4 Å². The number of hydrogen-bond acceptors (Lipinski definition) is 6. The first-order valence-electron chi connectivity index (χ1n) is 10.6. The van der Waals surface area contributed by atoms with Crippen molar-refractivity contribution in [1.82, 2.24) is 9.21 Å². The van der Waals surface area contributed by atoms with Crippen LogP contribution in [0.2, 0.25) is 0 Å². The van der Waals surface area contributed by atoms with Crippen LogP contribution in [0, 0.1) is 0 Å². The van der Waals surface area contributed by atoms with E-state index in [1.54, 1.807) is 41.3 Å². The van der Waals surface area contributed by atoms with Gasteiger partial charge in [-0.15, -0.1) is 0 Å². The highest BCUT2D eigenvalue weighted by molar-refractivity contribution is 7.93. The SMILES string of the molecule is CC(=O)c1cccc(S(=O)(=O)N2CCN(C(=O)c3ccc(N4CCCS4(=O)=O)cc3)CC2)c1. The van der Waals surface area contributed by atoms with Crippen molar-refractivity contribution in [3.63, 3.8) is 0 Å². The fraction of sp³-hybridized carbons (Fsp3) is 0.364. The predicted molar refractivity (Wildman–Crippen MR) is 123 cm³/mol. The third-order valence-corrected chi connectivity index (χ3v) is 9.67. The summed E-state index contributed by atoms with van der Waals surface area (Å²) >= 11 is 0. The van der Waals surface area contributed by atoms with Crippen LogP contribution in [0.4, 0.5) is 5.69 Å².